The van der Waals surface area contributed by atoms with Crippen molar-refractivity contribution in [2.45, 2.75) is 52.2 Å². The zero-order chi connectivity index (χ0) is 29.5. The lowest BCUT2D eigenvalue weighted by Crippen LogP contribution is -2.43. The molecule has 2 aliphatic heterocycles. The summed E-state index contributed by atoms with van der Waals surface area (Å²) < 4.78 is 1.80. The van der Waals surface area contributed by atoms with Gasteiger partial charge in [0.2, 0.25) is 5.91 Å². The molecule has 7 heteroatoms. The standard InChI is InChI=1S/C35H36N4O3/c1-22-15-31(37(3)33(22)34(36)41)29-18-26-13-14-38(32(40)17-24-9-5-4-6-10-24)20-28(26)19-30(29)35(42)39-21-27-12-8-7-11-25(27)16-23(39)2/h4-12,15,18-19,23H,13-14,16-17,20-21H2,1-3H3,(H2,36,41)/t23-/m1/s1. The lowest BCUT2D eigenvalue weighted by molar-refractivity contribution is -0.131. The van der Waals surface area contributed by atoms with Crippen molar-refractivity contribution in [3.63, 3.8) is 0 Å². The van der Waals surface area contributed by atoms with Gasteiger partial charge >= 0.3 is 0 Å². The SMILES string of the molecule is Cc1cc(-c2cc3c(cc2C(=O)N2Cc4ccccc4C[C@H]2C)CN(C(=O)Cc2ccccc2)CC3)n(C)c1C(N)=O. The Balaban J connectivity index is 1.40. The van der Waals surface area contributed by atoms with Crippen LogP contribution in [0, 0.1) is 6.92 Å². The molecule has 0 fully saturated rings. The Bertz CT molecular complexity index is 1700. The Labute approximate surface area is 246 Å². The lowest BCUT2D eigenvalue weighted by atomic mass is 9.89. The van der Waals surface area contributed by atoms with E-state index in [2.05, 4.69) is 25.1 Å². The highest BCUT2D eigenvalue weighted by Crippen LogP contribution is 2.35. The summed E-state index contributed by atoms with van der Waals surface area (Å²) in [6, 6.07) is 24.1. The van der Waals surface area contributed by atoms with Crippen molar-refractivity contribution in [1.82, 2.24) is 14.4 Å². The zero-order valence-electron chi connectivity index (χ0n) is 24.4. The molecule has 0 saturated heterocycles. The molecule has 6 rings (SSSR count). The minimum absolute atomic E-state index is 0.0246. The smallest absolute Gasteiger partial charge is 0.265 e. The summed E-state index contributed by atoms with van der Waals surface area (Å²) in [6.45, 7) is 5.56. The van der Waals surface area contributed by atoms with E-state index in [1.54, 1.807) is 4.57 Å². The van der Waals surface area contributed by atoms with Crippen LogP contribution in [0.15, 0.2) is 72.8 Å². The van der Waals surface area contributed by atoms with Crippen LogP contribution in [-0.2, 0) is 44.2 Å². The van der Waals surface area contributed by atoms with E-state index in [-0.39, 0.29) is 17.9 Å². The van der Waals surface area contributed by atoms with Gasteiger partial charge in [-0.05, 0) is 78.3 Å². The summed E-state index contributed by atoms with van der Waals surface area (Å²) in [5.41, 5.74) is 14.6. The zero-order valence-corrected chi connectivity index (χ0v) is 24.4. The van der Waals surface area contributed by atoms with E-state index in [0.29, 0.717) is 43.7 Å². The van der Waals surface area contributed by atoms with Gasteiger partial charge < -0.3 is 20.1 Å². The molecule has 1 aromatic heterocycles. The molecular formula is C35H36N4O3. The van der Waals surface area contributed by atoms with Gasteiger partial charge in [0.15, 0.2) is 0 Å². The van der Waals surface area contributed by atoms with Crippen LogP contribution in [-0.4, -0.2) is 44.7 Å². The number of benzene rings is 3. The molecule has 0 bridgehead atoms. The molecule has 1 atom stereocenters. The average molecular weight is 561 g/mol. The first-order chi connectivity index (χ1) is 20.2. The molecule has 214 valence electrons. The van der Waals surface area contributed by atoms with Crippen LogP contribution in [0.1, 0.15) is 61.2 Å². The van der Waals surface area contributed by atoms with E-state index in [9.17, 15) is 14.4 Å². The third-order valence-corrected chi connectivity index (χ3v) is 8.83. The number of carbonyl (C=O) groups excluding carboxylic acids is 3. The largest absolute Gasteiger partial charge is 0.364 e. The molecule has 2 N–H and O–H groups in total. The maximum atomic E-state index is 14.4. The Morgan fingerprint density at radius 2 is 1.60 bits per heavy atom. The number of nitrogens with zero attached hydrogens (tertiary/aromatic N) is 3. The summed E-state index contributed by atoms with van der Waals surface area (Å²) in [6.07, 6.45) is 1.83. The molecule has 4 aromatic rings. The van der Waals surface area contributed by atoms with Crippen LogP contribution < -0.4 is 5.73 Å². The Morgan fingerprint density at radius 1 is 0.881 bits per heavy atom. The number of amides is 3. The molecule has 0 spiro atoms. The number of nitrogens with two attached hydrogens (primary N) is 1. The van der Waals surface area contributed by atoms with E-state index < -0.39 is 5.91 Å². The monoisotopic (exact) mass is 560 g/mol. The Hall–Kier alpha value is -4.65. The van der Waals surface area contributed by atoms with E-state index in [1.165, 1.54) is 5.56 Å². The highest BCUT2D eigenvalue weighted by Gasteiger charge is 2.32. The number of aryl methyl sites for hydroxylation is 1. The molecule has 0 aliphatic carbocycles. The Kier molecular flexibility index (Phi) is 7.19. The highest BCUT2D eigenvalue weighted by molar-refractivity contribution is 6.02. The second kappa shape index (κ2) is 11.0. The van der Waals surface area contributed by atoms with E-state index >= 15 is 0 Å². The van der Waals surface area contributed by atoms with Crippen LogP contribution >= 0.6 is 0 Å². The minimum atomic E-state index is -0.499. The first-order valence-electron chi connectivity index (χ1n) is 14.5. The van der Waals surface area contributed by atoms with Crippen molar-refractivity contribution >= 4 is 17.7 Å². The maximum Gasteiger partial charge on any atom is 0.265 e. The van der Waals surface area contributed by atoms with Gasteiger partial charge in [-0.2, -0.15) is 0 Å². The predicted molar refractivity (Wildman–Crippen MR) is 163 cm³/mol. The molecule has 3 heterocycles. The molecule has 2 aliphatic rings. The number of rotatable bonds is 5. The molecule has 3 aromatic carbocycles. The fourth-order valence-electron chi connectivity index (χ4n) is 6.57. The average Bonchev–Trinajstić information content (AvgIpc) is 3.29. The highest BCUT2D eigenvalue weighted by atomic mass is 16.2. The van der Waals surface area contributed by atoms with Gasteiger partial charge in [0.1, 0.15) is 5.69 Å². The van der Waals surface area contributed by atoms with E-state index in [4.69, 9.17) is 5.73 Å². The normalized spacial score (nSPS) is 16.1. The summed E-state index contributed by atoms with van der Waals surface area (Å²) >= 11 is 0. The molecule has 0 radical (unpaired) electrons. The van der Waals surface area contributed by atoms with Crippen LogP contribution in [0.4, 0.5) is 0 Å². The van der Waals surface area contributed by atoms with Crippen LogP contribution in [0.2, 0.25) is 0 Å². The molecular weight excluding hydrogens is 524 g/mol. The molecule has 0 saturated carbocycles. The number of hydrogen-bond acceptors (Lipinski definition) is 3. The van der Waals surface area contributed by atoms with Gasteiger partial charge in [-0.1, -0.05) is 54.6 Å². The van der Waals surface area contributed by atoms with Crippen molar-refractivity contribution in [2.24, 2.45) is 12.8 Å². The molecule has 7 nitrogen and oxygen atoms in total. The lowest BCUT2D eigenvalue weighted by Gasteiger charge is -2.36. The summed E-state index contributed by atoms with van der Waals surface area (Å²) in [5, 5.41) is 0. The van der Waals surface area contributed by atoms with Crippen molar-refractivity contribution in [1.29, 1.82) is 0 Å². The Morgan fingerprint density at radius 3 is 2.31 bits per heavy atom. The molecule has 42 heavy (non-hydrogen) atoms. The minimum Gasteiger partial charge on any atom is -0.364 e. The van der Waals surface area contributed by atoms with Crippen LogP contribution in [0.3, 0.4) is 0 Å². The van der Waals surface area contributed by atoms with Gasteiger partial charge in [-0.25, -0.2) is 0 Å². The quantitative estimate of drug-likeness (QED) is 0.380. The first kappa shape index (κ1) is 27.5. The predicted octanol–water partition coefficient (Wildman–Crippen LogP) is 4.81. The van der Waals surface area contributed by atoms with Crippen molar-refractivity contribution in [3.05, 3.63) is 117 Å². The third-order valence-electron chi connectivity index (χ3n) is 8.83. The van der Waals surface area contributed by atoms with Crippen molar-refractivity contribution < 1.29 is 14.4 Å². The second-order valence-electron chi connectivity index (χ2n) is 11.6. The number of carbonyl (C=O) groups is 3. The van der Waals surface area contributed by atoms with Gasteiger partial charge in [0.05, 0.1) is 6.42 Å². The fraction of sp³-hybridized carbons (Fsp3) is 0.286. The molecule has 3 amide bonds. The van der Waals surface area contributed by atoms with Crippen molar-refractivity contribution in [3.8, 4) is 11.3 Å². The molecule has 0 unspecified atom stereocenters. The summed E-state index contributed by atoms with van der Waals surface area (Å²) in [4.78, 5) is 43.8. The van der Waals surface area contributed by atoms with Crippen LogP contribution in [0.25, 0.3) is 11.3 Å². The van der Waals surface area contributed by atoms with Crippen LogP contribution in [0.5, 0.6) is 0 Å². The number of fused-ring (bicyclic) bond motifs is 2. The first-order valence-corrected chi connectivity index (χ1v) is 14.5. The fourth-order valence-corrected chi connectivity index (χ4v) is 6.57. The van der Waals surface area contributed by atoms with Gasteiger partial charge in [-0.15, -0.1) is 0 Å². The topological polar surface area (TPSA) is 88.6 Å². The number of aromatic nitrogens is 1. The maximum absolute atomic E-state index is 14.4. The third kappa shape index (κ3) is 5.00. The van der Waals surface area contributed by atoms with Gasteiger partial charge in [0.25, 0.3) is 11.8 Å². The van der Waals surface area contributed by atoms with E-state index in [1.807, 2.05) is 78.4 Å². The summed E-state index contributed by atoms with van der Waals surface area (Å²) in [7, 11) is 1.82. The second-order valence-corrected chi connectivity index (χ2v) is 11.6. The van der Waals surface area contributed by atoms with E-state index in [0.717, 1.165) is 45.5 Å². The van der Waals surface area contributed by atoms with Gasteiger partial charge in [0, 0.05) is 49.5 Å². The van der Waals surface area contributed by atoms with Crippen molar-refractivity contribution in [2.75, 3.05) is 6.54 Å². The number of hydrogen-bond donors (Lipinski definition) is 1. The van der Waals surface area contributed by atoms with Gasteiger partial charge in [-0.3, -0.25) is 14.4 Å². The number of primary amides is 1. The summed E-state index contributed by atoms with van der Waals surface area (Å²) in [5.74, 6) is -0.475.